The van der Waals surface area contributed by atoms with Crippen LogP contribution in [0.2, 0.25) is 0 Å². The van der Waals surface area contributed by atoms with Crippen molar-refractivity contribution >= 4 is 23.5 Å². The Labute approximate surface area is 69.0 Å². The van der Waals surface area contributed by atoms with Crippen LogP contribution >= 0.6 is 0 Å². The topological polar surface area (TPSA) is 107 Å². The Balaban J connectivity index is 2.93. The molecule has 0 fully saturated rings. The van der Waals surface area contributed by atoms with Crippen LogP contribution < -0.4 is 16.8 Å². The second kappa shape index (κ2) is 3.04. The van der Waals surface area contributed by atoms with Gasteiger partial charge in [-0.25, -0.2) is 0 Å². The van der Waals surface area contributed by atoms with E-state index in [9.17, 15) is 4.79 Å². The average molecular weight is 167 g/mol. The Morgan fingerprint density at radius 2 is 2.17 bits per heavy atom. The predicted molar refractivity (Wildman–Crippen MR) is 45.2 cm³/mol. The minimum Gasteiger partial charge on any atom is -0.383 e. The van der Waals surface area contributed by atoms with Crippen LogP contribution in [0, 0.1) is 0 Å². The molecule has 64 valence electrons. The van der Waals surface area contributed by atoms with E-state index in [0.717, 1.165) is 0 Å². The number of carbonyl (C=O) groups is 1. The largest absolute Gasteiger partial charge is 0.383 e. The van der Waals surface area contributed by atoms with Gasteiger partial charge in [0.05, 0.1) is 0 Å². The molecule has 1 heterocycles. The summed E-state index contributed by atoms with van der Waals surface area (Å²) in [5.41, 5.74) is 10.6. The minimum atomic E-state index is -0.229. The van der Waals surface area contributed by atoms with Gasteiger partial charge >= 0.3 is 0 Å². The van der Waals surface area contributed by atoms with Crippen molar-refractivity contribution < 1.29 is 4.79 Å². The van der Waals surface area contributed by atoms with E-state index in [4.69, 9.17) is 11.5 Å². The van der Waals surface area contributed by atoms with Gasteiger partial charge in [0.25, 0.3) is 0 Å². The number of nitrogens with zero attached hydrogens (tertiary/aromatic N) is 2. The van der Waals surface area contributed by atoms with Crippen molar-refractivity contribution in [3.63, 3.8) is 0 Å². The van der Waals surface area contributed by atoms with E-state index in [1.807, 2.05) is 0 Å². The summed E-state index contributed by atoms with van der Waals surface area (Å²) in [6, 6.07) is 1.43. The van der Waals surface area contributed by atoms with Crippen LogP contribution in [-0.4, -0.2) is 15.9 Å². The van der Waals surface area contributed by atoms with Crippen molar-refractivity contribution in [2.75, 3.05) is 16.8 Å². The molecular weight excluding hydrogens is 158 g/mol. The summed E-state index contributed by atoms with van der Waals surface area (Å²) in [4.78, 5) is 17.9. The monoisotopic (exact) mass is 167 g/mol. The summed E-state index contributed by atoms with van der Waals surface area (Å²) in [5, 5.41) is 2.44. The highest BCUT2D eigenvalue weighted by molar-refractivity contribution is 5.88. The number of aromatic nitrogens is 2. The van der Waals surface area contributed by atoms with Crippen LogP contribution in [0.25, 0.3) is 0 Å². The zero-order valence-corrected chi connectivity index (χ0v) is 6.53. The maximum Gasteiger partial charge on any atom is 0.223 e. The van der Waals surface area contributed by atoms with Crippen LogP contribution in [0.5, 0.6) is 0 Å². The molecule has 12 heavy (non-hydrogen) atoms. The van der Waals surface area contributed by atoms with Crippen LogP contribution in [0.1, 0.15) is 6.92 Å². The smallest absolute Gasteiger partial charge is 0.223 e. The highest BCUT2D eigenvalue weighted by Gasteiger charge is 2.00. The van der Waals surface area contributed by atoms with E-state index in [2.05, 4.69) is 15.3 Å². The van der Waals surface area contributed by atoms with Gasteiger partial charge in [-0.05, 0) is 0 Å². The third-order valence-electron chi connectivity index (χ3n) is 1.07. The number of anilines is 3. The van der Waals surface area contributed by atoms with Crippen LogP contribution in [-0.2, 0) is 4.79 Å². The fraction of sp³-hybridized carbons (Fsp3) is 0.167. The Kier molecular flexibility index (Phi) is 2.09. The quantitative estimate of drug-likeness (QED) is 0.527. The molecule has 6 nitrogen and oxygen atoms in total. The number of carbonyl (C=O) groups excluding carboxylic acids is 1. The molecule has 0 aliphatic rings. The van der Waals surface area contributed by atoms with Gasteiger partial charge in [0.15, 0.2) is 0 Å². The van der Waals surface area contributed by atoms with Crippen molar-refractivity contribution in [3.05, 3.63) is 6.07 Å². The first-order valence-corrected chi connectivity index (χ1v) is 3.25. The van der Waals surface area contributed by atoms with E-state index in [1.54, 1.807) is 0 Å². The standard InChI is InChI=1S/C6H9N5O/c1-3(12)9-5-2-4(7)10-6(8)11-5/h2H,1H3,(H5,7,8,9,10,11,12). The summed E-state index contributed by atoms with van der Waals surface area (Å²) in [6.45, 7) is 1.37. The van der Waals surface area contributed by atoms with E-state index in [-0.39, 0.29) is 17.7 Å². The van der Waals surface area contributed by atoms with Gasteiger partial charge in [0.1, 0.15) is 11.6 Å². The fourth-order valence-electron chi connectivity index (χ4n) is 0.730. The van der Waals surface area contributed by atoms with Gasteiger partial charge in [-0.2, -0.15) is 9.97 Å². The van der Waals surface area contributed by atoms with Crippen LogP contribution in [0.15, 0.2) is 6.07 Å². The van der Waals surface area contributed by atoms with Crippen molar-refractivity contribution in [1.29, 1.82) is 0 Å². The van der Waals surface area contributed by atoms with Gasteiger partial charge in [0.2, 0.25) is 11.9 Å². The number of hydrogen-bond acceptors (Lipinski definition) is 5. The maximum absolute atomic E-state index is 10.6. The van der Waals surface area contributed by atoms with Crippen molar-refractivity contribution in [2.24, 2.45) is 0 Å². The number of nitrogen functional groups attached to an aromatic ring is 2. The lowest BCUT2D eigenvalue weighted by atomic mass is 10.5. The van der Waals surface area contributed by atoms with Gasteiger partial charge in [0, 0.05) is 13.0 Å². The first kappa shape index (κ1) is 8.25. The number of amides is 1. The number of nitrogens with two attached hydrogens (primary N) is 2. The van der Waals surface area contributed by atoms with E-state index >= 15 is 0 Å². The average Bonchev–Trinajstić information content (AvgIpc) is 1.81. The Bertz CT molecular complexity index is 291. The lowest BCUT2D eigenvalue weighted by Crippen LogP contribution is -2.10. The molecule has 0 aromatic carbocycles. The highest BCUT2D eigenvalue weighted by atomic mass is 16.1. The lowest BCUT2D eigenvalue weighted by molar-refractivity contribution is -0.114. The zero-order chi connectivity index (χ0) is 9.14. The molecule has 0 saturated carbocycles. The van der Waals surface area contributed by atoms with Crippen LogP contribution in [0.4, 0.5) is 17.6 Å². The highest BCUT2D eigenvalue weighted by Crippen LogP contribution is 2.08. The number of hydrogen-bond donors (Lipinski definition) is 3. The molecule has 1 amide bonds. The first-order chi connectivity index (χ1) is 5.58. The molecule has 0 atom stereocenters. The molecule has 6 heteroatoms. The molecule has 0 spiro atoms. The van der Waals surface area contributed by atoms with Crippen molar-refractivity contribution in [3.8, 4) is 0 Å². The third kappa shape index (κ3) is 2.08. The van der Waals surface area contributed by atoms with Gasteiger partial charge in [-0.15, -0.1) is 0 Å². The summed E-state index contributed by atoms with van der Waals surface area (Å²) in [5.74, 6) is 0.352. The lowest BCUT2D eigenvalue weighted by Gasteiger charge is -2.01. The number of nitrogens with one attached hydrogen (secondary N) is 1. The van der Waals surface area contributed by atoms with Gasteiger partial charge < -0.3 is 16.8 Å². The number of rotatable bonds is 1. The molecule has 0 bridgehead atoms. The maximum atomic E-state index is 10.6. The molecule has 0 aliphatic carbocycles. The molecule has 0 aliphatic heterocycles. The second-order valence-electron chi connectivity index (χ2n) is 2.22. The zero-order valence-electron chi connectivity index (χ0n) is 6.53. The summed E-state index contributed by atoms with van der Waals surface area (Å²) < 4.78 is 0. The molecule has 5 N–H and O–H groups in total. The van der Waals surface area contributed by atoms with E-state index in [0.29, 0.717) is 5.82 Å². The molecule has 0 unspecified atom stereocenters. The Hall–Kier alpha value is -1.85. The minimum absolute atomic E-state index is 0.0405. The van der Waals surface area contributed by atoms with Crippen molar-refractivity contribution in [1.82, 2.24) is 9.97 Å². The predicted octanol–water partition coefficient (Wildman–Crippen LogP) is -0.401. The molecule has 1 aromatic heterocycles. The first-order valence-electron chi connectivity index (χ1n) is 3.25. The van der Waals surface area contributed by atoms with E-state index in [1.165, 1.54) is 13.0 Å². The SMILES string of the molecule is CC(=O)Nc1cc(N)nc(N)n1. The summed E-state index contributed by atoms with van der Waals surface area (Å²) >= 11 is 0. The summed E-state index contributed by atoms with van der Waals surface area (Å²) in [7, 11) is 0. The fourth-order valence-corrected chi connectivity index (χ4v) is 0.730. The third-order valence-corrected chi connectivity index (χ3v) is 1.07. The molecule has 0 saturated heterocycles. The molecular formula is C6H9N5O. The molecule has 1 rings (SSSR count). The van der Waals surface area contributed by atoms with Gasteiger partial charge in [-0.1, -0.05) is 0 Å². The van der Waals surface area contributed by atoms with Crippen molar-refractivity contribution in [2.45, 2.75) is 6.92 Å². The van der Waals surface area contributed by atoms with E-state index < -0.39 is 0 Å². The molecule has 0 radical (unpaired) electrons. The second-order valence-corrected chi connectivity index (χ2v) is 2.22. The normalized spacial score (nSPS) is 9.42. The van der Waals surface area contributed by atoms with Gasteiger partial charge in [-0.3, -0.25) is 4.79 Å². The Morgan fingerprint density at radius 1 is 1.50 bits per heavy atom. The molecule has 1 aromatic rings. The van der Waals surface area contributed by atoms with Crippen LogP contribution in [0.3, 0.4) is 0 Å². The Morgan fingerprint density at radius 3 is 2.67 bits per heavy atom. The summed E-state index contributed by atoms with van der Waals surface area (Å²) in [6.07, 6.45) is 0.